The van der Waals surface area contributed by atoms with Gasteiger partial charge < -0.3 is 34.7 Å². The van der Waals surface area contributed by atoms with Gasteiger partial charge in [0.1, 0.15) is 11.1 Å². The summed E-state index contributed by atoms with van der Waals surface area (Å²) >= 11 is 0. The first-order chi connectivity index (χ1) is 22.2. The van der Waals surface area contributed by atoms with Crippen molar-refractivity contribution in [2.24, 2.45) is 0 Å². The fraction of sp³-hybridized carbons (Fsp3) is 0.314. The van der Waals surface area contributed by atoms with Crippen molar-refractivity contribution in [3.05, 3.63) is 104 Å². The highest BCUT2D eigenvalue weighted by Gasteiger charge is 2.18. The second-order valence-electron chi connectivity index (χ2n) is 11.2. The van der Waals surface area contributed by atoms with Crippen LogP contribution < -0.4 is 20.9 Å². The van der Waals surface area contributed by atoms with Crippen molar-refractivity contribution >= 4 is 23.3 Å². The fourth-order valence-electron chi connectivity index (χ4n) is 5.61. The molecule has 4 heterocycles. The Kier molecular flexibility index (Phi) is 10.0. The van der Waals surface area contributed by atoms with Crippen LogP contribution in [-0.2, 0) is 17.6 Å². The van der Waals surface area contributed by atoms with E-state index >= 15 is 0 Å². The minimum Gasteiger partial charge on any atom is -0.477 e. The molecule has 0 aliphatic carbocycles. The first-order valence-corrected chi connectivity index (χ1v) is 15.5. The lowest BCUT2D eigenvalue weighted by atomic mass is 10.0. The summed E-state index contributed by atoms with van der Waals surface area (Å²) in [7, 11) is 0. The van der Waals surface area contributed by atoms with E-state index in [1.807, 2.05) is 62.4 Å². The number of pyridine rings is 2. The van der Waals surface area contributed by atoms with Gasteiger partial charge in [-0.15, -0.1) is 0 Å². The molecule has 2 aromatic heterocycles. The zero-order valence-electron chi connectivity index (χ0n) is 26.0. The monoisotopic (exact) mass is 626 g/mol. The number of aromatic amines is 2. The van der Waals surface area contributed by atoms with Gasteiger partial charge in [0.25, 0.3) is 11.1 Å². The number of carboxylic acids is 2. The van der Waals surface area contributed by atoms with E-state index in [2.05, 4.69) is 19.8 Å². The maximum atomic E-state index is 12.0. The Bertz CT molecular complexity index is 1820. The molecule has 46 heavy (non-hydrogen) atoms. The number of nitrogens with one attached hydrogen (secondary N) is 2. The van der Waals surface area contributed by atoms with Crippen LogP contribution in [0.15, 0.2) is 70.3 Å². The molecule has 4 N–H and O–H groups in total. The van der Waals surface area contributed by atoms with Gasteiger partial charge in [0.15, 0.2) is 0 Å². The molecule has 4 aromatic rings. The summed E-state index contributed by atoms with van der Waals surface area (Å²) in [6, 6.07) is 18.9. The Morgan fingerprint density at radius 1 is 0.674 bits per heavy atom. The van der Waals surface area contributed by atoms with Crippen molar-refractivity contribution in [1.82, 2.24) is 9.97 Å². The van der Waals surface area contributed by atoms with Crippen LogP contribution in [0.5, 0.6) is 0 Å². The summed E-state index contributed by atoms with van der Waals surface area (Å²) in [6.07, 6.45) is 2.52. The number of aromatic nitrogens is 2. The molecule has 0 atom stereocenters. The molecule has 2 aliphatic heterocycles. The van der Waals surface area contributed by atoms with E-state index in [0.717, 1.165) is 67.3 Å². The Labute approximate surface area is 266 Å². The van der Waals surface area contributed by atoms with Crippen molar-refractivity contribution in [3.63, 3.8) is 0 Å². The average Bonchev–Trinajstić information content (AvgIpc) is 3.04. The third-order valence-corrected chi connectivity index (χ3v) is 8.38. The van der Waals surface area contributed by atoms with Gasteiger partial charge in [-0.05, 0) is 77.9 Å². The van der Waals surface area contributed by atoms with E-state index in [1.54, 1.807) is 0 Å². The summed E-state index contributed by atoms with van der Waals surface area (Å²) in [6.45, 7) is 9.24. The van der Waals surface area contributed by atoms with Crippen molar-refractivity contribution in [2.45, 2.75) is 33.1 Å². The summed E-state index contributed by atoms with van der Waals surface area (Å²) < 4.78 is 5.36. The van der Waals surface area contributed by atoms with Crippen LogP contribution in [0.4, 0.5) is 11.4 Å². The van der Waals surface area contributed by atoms with E-state index in [0.29, 0.717) is 24.2 Å². The number of nitrogens with zero attached hydrogens (tertiary/aromatic N) is 2. The van der Waals surface area contributed by atoms with Gasteiger partial charge in [-0.2, -0.15) is 0 Å². The zero-order valence-corrected chi connectivity index (χ0v) is 26.0. The highest BCUT2D eigenvalue weighted by molar-refractivity contribution is 5.88. The number of benzene rings is 2. The van der Waals surface area contributed by atoms with Gasteiger partial charge in [0.2, 0.25) is 0 Å². The number of carboxylic acid groups (broad SMARTS) is 2. The second kappa shape index (κ2) is 14.3. The number of rotatable bonds is 8. The molecule has 11 heteroatoms. The van der Waals surface area contributed by atoms with E-state index < -0.39 is 23.1 Å². The molecule has 11 nitrogen and oxygen atoms in total. The molecule has 0 amide bonds. The molecule has 0 unspecified atom stereocenters. The van der Waals surface area contributed by atoms with Gasteiger partial charge in [0, 0.05) is 37.6 Å². The number of anilines is 2. The van der Waals surface area contributed by atoms with Gasteiger partial charge in [-0.3, -0.25) is 9.59 Å². The maximum Gasteiger partial charge on any atom is 0.341 e. The van der Waals surface area contributed by atoms with Gasteiger partial charge in [-0.1, -0.05) is 38.1 Å². The Balaban J connectivity index is 0.000000182. The number of aromatic carboxylic acids is 2. The lowest BCUT2D eigenvalue weighted by Crippen LogP contribution is -2.36. The van der Waals surface area contributed by atoms with E-state index in [9.17, 15) is 19.2 Å². The van der Waals surface area contributed by atoms with E-state index in [1.165, 1.54) is 24.2 Å². The van der Waals surface area contributed by atoms with Crippen molar-refractivity contribution in [1.29, 1.82) is 0 Å². The maximum absolute atomic E-state index is 12.0. The number of hydrogen-bond acceptors (Lipinski definition) is 7. The molecule has 2 aliphatic rings. The molecule has 2 aromatic carbocycles. The molecular formula is C35H38N4O7. The smallest absolute Gasteiger partial charge is 0.341 e. The molecule has 0 saturated carbocycles. The number of H-pyrrole nitrogens is 2. The fourth-order valence-corrected chi connectivity index (χ4v) is 5.61. The molecule has 0 spiro atoms. The minimum atomic E-state index is -1.21. The molecule has 2 fully saturated rings. The number of carbonyl (C=O) groups is 2. The van der Waals surface area contributed by atoms with Crippen molar-refractivity contribution in [2.75, 3.05) is 49.2 Å². The standard InChI is InChI=1S/C18H20N2O4.C17H18N2O3/c1-2-12-11-15(18(22)23)17(21)19-16(12)13-3-5-14(6-4-13)20-7-9-24-10-8-20;1-2-11-10-14(17(21)22)16(20)18-15(11)12-4-6-13(7-5-12)19-8-3-9-19/h3-6,11H,2,7-10H2,1H3,(H,19,21)(H,22,23);4-7,10H,2-3,8-9H2,1H3,(H,18,20)(H,21,22). The second-order valence-corrected chi connectivity index (χ2v) is 11.2. The van der Waals surface area contributed by atoms with Crippen LogP contribution in [-0.4, -0.2) is 71.5 Å². The summed E-state index contributed by atoms with van der Waals surface area (Å²) in [5.41, 5.74) is 5.51. The minimum absolute atomic E-state index is 0.210. The quantitative estimate of drug-likeness (QED) is 0.219. The summed E-state index contributed by atoms with van der Waals surface area (Å²) in [4.78, 5) is 56.1. The van der Waals surface area contributed by atoms with Crippen LogP contribution in [0.2, 0.25) is 0 Å². The van der Waals surface area contributed by atoms with E-state index in [-0.39, 0.29) is 11.1 Å². The van der Waals surface area contributed by atoms with Crippen LogP contribution in [0.25, 0.3) is 22.5 Å². The van der Waals surface area contributed by atoms with Crippen LogP contribution in [0.3, 0.4) is 0 Å². The largest absolute Gasteiger partial charge is 0.477 e. The number of hydrogen-bond donors (Lipinski definition) is 4. The number of ether oxygens (including phenoxy) is 1. The highest BCUT2D eigenvalue weighted by Crippen LogP contribution is 2.27. The third-order valence-electron chi connectivity index (χ3n) is 8.38. The first-order valence-electron chi connectivity index (χ1n) is 15.5. The van der Waals surface area contributed by atoms with Crippen molar-refractivity contribution in [3.8, 4) is 22.5 Å². The van der Waals surface area contributed by atoms with Gasteiger partial charge >= 0.3 is 11.9 Å². The predicted molar refractivity (Wildman–Crippen MR) is 178 cm³/mol. The third kappa shape index (κ3) is 7.05. The SMILES string of the molecule is CCc1cc(C(=O)O)c(=O)[nH]c1-c1ccc(N2CCC2)cc1.CCc1cc(C(=O)O)c(=O)[nH]c1-c1ccc(N2CCOCC2)cc1. The molecule has 0 bridgehead atoms. The van der Waals surface area contributed by atoms with Crippen molar-refractivity contribution < 1.29 is 24.5 Å². The van der Waals surface area contributed by atoms with E-state index in [4.69, 9.17) is 14.9 Å². The molecule has 2 saturated heterocycles. The topological polar surface area (TPSA) is 156 Å². The summed E-state index contributed by atoms with van der Waals surface area (Å²) in [5, 5.41) is 18.1. The first kappa shape index (κ1) is 32.2. The molecule has 240 valence electrons. The Morgan fingerprint density at radius 2 is 1.07 bits per heavy atom. The van der Waals surface area contributed by atoms with Gasteiger partial charge in [-0.25, -0.2) is 9.59 Å². The highest BCUT2D eigenvalue weighted by atomic mass is 16.5. The predicted octanol–water partition coefficient (Wildman–Crippen LogP) is 4.65. The lowest BCUT2D eigenvalue weighted by molar-refractivity contribution is 0.0684. The number of aryl methyl sites for hydroxylation is 2. The summed E-state index contributed by atoms with van der Waals surface area (Å²) in [5.74, 6) is -2.41. The van der Waals surface area contributed by atoms with Crippen LogP contribution >= 0.6 is 0 Å². The van der Waals surface area contributed by atoms with Crippen LogP contribution in [0.1, 0.15) is 52.1 Å². The van der Waals surface area contributed by atoms with Crippen LogP contribution in [0, 0.1) is 0 Å². The zero-order chi connectivity index (χ0) is 32.8. The average molecular weight is 627 g/mol. The normalized spacial score (nSPS) is 14.2. The van der Waals surface area contributed by atoms with Gasteiger partial charge in [0.05, 0.1) is 24.6 Å². The Morgan fingerprint density at radius 3 is 1.39 bits per heavy atom. The molecule has 6 rings (SSSR count). The Hall–Kier alpha value is -5.16. The molecule has 0 radical (unpaired) electrons. The number of morpholine rings is 1. The molecular weight excluding hydrogens is 588 g/mol. The lowest BCUT2D eigenvalue weighted by Gasteiger charge is -2.33.